The SMILES string of the molecule is CC(C)c1ccc([C@@H]2C[C@H](C(F)(F)F)n3nc(-c4nc5c6cnn(C)c6ncn5n4)cc3N2)cc1. The normalized spacial score (nSPS) is 18.4. The lowest BCUT2D eigenvalue weighted by Gasteiger charge is -2.33. The zero-order valence-corrected chi connectivity index (χ0v) is 19.2. The van der Waals surface area contributed by atoms with E-state index in [0.717, 1.165) is 15.8 Å². The second kappa shape index (κ2) is 7.52. The van der Waals surface area contributed by atoms with E-state index in [1.807, 2.05) is 24.3 Å². The molecule has 0 radical (unpaired) electrons. The fraction of sp³-hybridized carbons (Fsp3) is 0.348. The van der Waals surface area contributed by atoms with E-state index >= 15 is 0 Å². The van der Waals surface area contributed by atoms with Crippen LogP contribution in [0.1, 0.15) is 49.4 Å². The van der Waals surface area contributed by atoms with E-state index in [0.29, 0.717) is 22.6 Å². The highest BCUT2D eigenvalue weighted by Crippen LogP contribution is 2.44. The Kier molecular flexibility index (Phi) is 4.63. The van der Waals surface area contributed by atoms with Crippen molar-refractivity contribution in [2.45, 2.75) is 44.4 Å². The van der Waals surface area contributed by atoms with Gasteiger partial charge in [0.25, 0.3) is 0 Å². The van der Waals surface area contributed by atoms with Crippen LogP contribution in [0.3, 0.4) is 0 Å². The number of fused-ring (bicyclic) bond motifs is 4. The highest BCUT2D eigenvalue weighted by atomic mass is 19.4. The third kappa shape index (κ3) is 3.51. The predicted octanol–water partition coefficient (Wildman–Crippen LogP) is 4.66. The van der Waals surface area contributed by atoms with Gasteiger partial charge in [0.05, 0.1) is 17.6 Å². The Morgan fingerprint density at radius 1 is 1.09 bits per heavy atom. The van der Waals surface area contributed by atoms with E-state index in [4.69, 9.17) is 0 Å². The molecule has 0 bridgehead atoms. The van der Waals surface area contributed by atoms with Gasteiger partial charge in [-0.05, 0) is 17.0 Å². The summed E-state index contributed by atoms with van der Waals surface area (Å²) < 4.78 is 46.4. The zero-order chi connectivity index (χ0) is 24.5. The Bertz CT molecular complexity index is 1540. The van der Waals surface area contributed by atoms with Crippen LogP contribution in [0.5, 0.6) is 0 Å². The number of nitrogens with zero attached hydrogens (tertiary/aromatic N) is 8. The van der Waals surface area contributed by atoms with Crippen molar-refractivity contribution in [3.05, 3.63) is 54.0 Å². The van der Waals surface area contributed by atoms with Gasteiger partial charge in [0.15, 0.2) is 17.3 Å². The Morgan fingerprint density at radius 2 is 1.86 bits per heavy atom. The highest BCUT2D eigenvalue weighted by Gasteiger charge is 2.46. The lowest BCUT2D eigenvalue weighted by Crippen LogP contribution is -2.35. The van der Waals surface area contributed by atoms with E-state index in [9.17, 15) is 13.2 Å². The third-order valence-corrected chi connectivity index (χ3v) is 6.49. The molecule has 5 aromatic rings. The minimum atomic E-state index is -4.46. The molecule has 4 aromatic heterocycles. The molecule has 1 aromatic carbocycles. The number of aryl methyl sites for hydroxylation is 1. The molecule has 0 saturated carbocycles. The molecule has 5 heterocycles. The Hall–Kier alpha value is -3.96. The van der Waals surface area contributed by atoms with Gasteiger partial charge in [-0.2, -0.15) is 23.4 Å². The van der Waals surface area contributed by atoms with Gasteiger partial charge in [0.2, 0.25) is 5.82 Å². The lowest BCUT2D eigenvalue weighted by molar-refractivity contribution is -0.173. The van der Waals surface area contributed by atoms with Crippen LogP contribution >= 0.6 is 0 Å². The number of hydrogen-bond donors (Lipinski definition) is 1. The maximum absolute atomic E-state index is 14.1. The fourth-order valence-corrected chi connectivity index (χ4v) is 4.56. The molecule has 1 aliphatic heterocycles. The number of anilines is 1. The molecule has 0 spiro atoms. The van der Waals surface area contributed by atoms with Crippen molar-refractivity contribution in [3.8, 4) is 11.5 Å². The molecule has 1 N–H and O–H groups in total. The molecule has 0 saturated heterocycles. The molecule has 12 heteroatoms. The summed E-state index contributed by atoms with van der Waals surface area (Å²) in [5.74, 6) is 0.831. The molecule has 9 nitrogen and oxygen atoms in total. The van der Waals surface area contributed by atoms with E-state index in [1.165, 1.54) is 10.8 Å². The Morgan fingerprint density at radius 3 is 2.57 bits per heavy atom. The predicted molar refractivity (Wildman–Crippen MR) is 123 cm³/mol. The summed E-state index contributed by atoms with van der Waals surface area (Å²) in [6.07, 6.45) is -1.50. The Labute approximate surface area is 197 Å². The minimum absolute atomic E-state index is 0.169. The highest BCUT2D eigenvalue weighted by molar-refractivity contribution is 5.88. The number of alkyl halides is 3. The molecular formula is C23H22F3N9. The van der Waals surface area contributed by atoms with E-state index < -0.39 is 18.3 Å². The maximum Gasteiger partial charge on any atom is 0.410 e. The van der Waals surface area contributed by atoms with Crippen LogP contribution in [-0.2, 0) is 7.05 Å². The van der Waals surface area contributed by atoms with Gasteiger partial charge in [-0.1, -0.05) is 38.1 Å². The number of rotatable bonds is 3. The zero-order valence-electron chi connectivity index (χ0n) is 19.2. The molecule has 0 aliphatic carbocycles. The van der Waals surface area contributed by atoms with Crippen molar-refractivity contribution in [3.63, 3.8) is 0 Å². The second-order valence-corrected chi connectivity index (χ2v) is 9.12. The molecule has 35 heavy (non-hydrogen) atoms. The van der Waals surface area contributed by atoms with Crippen LogP contribution in [0.25, 0.3) is 28.2 Å². The van der Waals surface area contributed by atoms with Crippen LogP contribution in [0.2, 0.25) is 0 Å². The number of benzene rings is 1. The average molecular weight is 481 g/mol. The number of nitrogens with one attached hydrogen (secondary N) is 1. The van der Waals surface area contributed by atoms with Crippen molar-refractivity contribution in [1.29, 1.82) is 0 Å². The van der Waals surface area contributed by atoms with E-state index in [1.54, 1.807) is 24.0 Å². The molecule has 180 valence electrons. The molecular weight excluding hydrogens is 459 g/mol. The monoisotopic (exact) mass is 481 g/mol. The summed E-state index contributed by atoms with van der Waals surface area (Å²) in [4.78, 5) is 8.85. The first-order valence-electron chi connectivity index (χ1n) is 11.2. The van der Waals surface area contributed by atoms with Gasteiger partial charge in [0, 0.05) is 19.5 Å². The molecule has 2 atom stereocenters. The molecule has 1 aliphatic rings. The first kappa shape index (κ1) is 21.6. The average Bonchev–Trinajstić information content (AvgIpc) is 3.53. The minimum Gasteiger partial charge on any atom is -0.363 e. The van der Waals surface area contributed by atoms with Crippen LogP contribution in [0.15, 0.2) is 42.9 Å². The lowest BCUT2D eigenvalue weighted by atomic mass is 9.94. The second-order valence-electron chi connectivity index (χ2n) is 9.12. The molecule has 0 fully saturated rings. The summed E-state index contributed by atoms with van der Waals surface area (Å²) >= 11 is 0. The summed E-state index contributed by atoms with van der Waals surface area (Å²) in [5, 5.41) is 16.8. The van der Waals surface area contributed by atoms with E-state index in [-0.39, 0.29) is 23.8 Å². The van der Waals surface area contributed by atoms with E-state index in [2.05, 4.69) is 44.4 Å². The van der Waals surface area contributed by atoms with Gasteiger partial charge in [-0.25, -0.2) is 19.2 Å². The summed E-state index contributed by atoms with van der Waals surface area (Å²) in [5.41, 5.74) is 3.32. The first-order chi connectivity index (χ1) is 16.7. The topological polar surface area (TPSA) is 90.8 Å². The van der Waals surface area contributed by atoms with Gasteiger partial charge in [0.1, 0.15) is 17.8 Å². The number of halogens is 3. The molecule has 6 rings (SSSR count). The molecule has 0 unspecified atom stereocenters. The van der Waals surface area contributed by atoms with Crippen LogP contribution in [0.4, 0.5) is 19.0 Å². The van der Waals surface area contributed by atoms with Crippen molar-refractivity contribution in [2.75, 3.05) is 5.32 Å². The van der Waals surface area contributed by atoms with Crippen LogP contribution in [-0.4, -0.2) is 45.3 Å². The number of aromatic nitrogens is 8. The third-order valence-electron chi connectivity index (χ3n) is 6.49. The summed E-state index contributed by atoms with van der Waals surface area (Å²) in [7, 11) is 1.77. The quantitative estimate of drug-likeness (QED) is 0.403. The van der Waals surface area contributed by atoms with Crippen molar-refractivity contribution in [2.24, 2.45) is 7.05 Å². The van der Waals surface area contributed by atoms with Gasteiger partial charge in [-0.3, -0.25) is 4.68 Å². The molecule has 0 amide bonds. The van der Waals surface area contributed by atoms with Crippen molar-refractivity contribution >= 4 is 22.5 Å². The van der Waals surface area contributed by atoms with Gasteiger partial charge >= 0.3 is 6.18 Å². The first-order valence-corrected chi connectivity index (χ1v) is 11.2. The number of hydrogen-bond acceptors (Lipinski definition) is 6. The largest absolute Gasteiger partial charge is 0.410 e. The van der Waals surface area contributed by atoms with Gasteiger partial charge < -0.3 is 5.32 Å². The van der Waals surface area contributed by atoms with Crippen LogP contribution < -0.4 is 5.32 Å². The smallest absolute Gasteiger partial charge is 0.363 e. The standard InChI is InChI=1S/C23H22F3N9/c1-12(2)13-4-6-14(7-5-13)16-8-18(23(24,25)26)35-19(29-16)9-17(31-35)20-30-22-15-10-28-33(3)21(15)27-11-34(22)32-20/h4-7,9-12,16,18,29H,8H2,1-3H3/t16-,18+/m0/s1. The summed E-state index contributed by atoms with van der Waals surface area (Å²) in [6, 6.07) is 7.01. The van der Waals surface area contributed by atoms with Crippen LogP contribution in [0, 0.1) is 0 Å². The maximum atomic E-state index is 14.1. The van der Waals surface area contributed by atoms with Crippen molar-refractivity contribution in [1.82, 2.24) is 39.1 Å². The van der Waals surface area contributed by atoms with Crippen molar-refractivity contribution < 1.29 is 13.2 Å². The van der Waals surface area contributed by atoms with Gasteiger partial charge in [-0.15, -0.1) is 5.10 Å². The fourth-order valence-electron chi connectivity index (χ4n) is 4.56. The Balaban J connectivity index is 1.40. The summed E-state index contributed by atoms with van der Waals surface area (Å²) in [6.45, 7) is 4.16.